The average Bonchev–Trinajstić information content (AvgIpc) is 3.92. The molecule has 0 spiro atoms. The van der Waals surface area contributed by atoms with Crippen molar-refractivity contribution in [2.75, 3.05) is 29.4 Å². The number of hydrogen-bond donors (Lipinski definition) is 2. The highest BCUT2D eigenvalue weighted by Gasteiger charge is 2.36. The van der Waals surface area contributed by atoms with Crippen molar-refractivity contribution in [1.82, 2.24) is 0 Å². The van der Waals surface area contributed by atoms with E-state index in [1.54, 1.807) is 12.1 Å². The molecule has 0 radical (unpaired) electrons. The van der Waals surface area contributed by atoms with E-state index in [1.807, 2.05) is 43.3 Å². The van der Waals surface area contributed by atoms with E-state index in [-0.39, 0.29) is 35.2 Å². The van der Waals surface area contributed by atoms with Gasteiger partial charge in [-0.3, -0.25) is 9.44 Å². The van der Waals surface area contributed by atoms with E-state index >= 15 is 4.39 Å². The Morgan fingerprint density at radius 1 is 0.708 bits per heavy atom. The van der Waals surface area contributed by atoms with E-state index in [4.69, 9.17) is 9.47 Å². The molecule has 0 heterocycles. The van der Waals surface area contributed by atoms with Gasteiger partial charge in [-0.15, -0.1) is 0 Å². The second kappa shape index (κ2) is 14.1. The van der Waals surface area contributed by atoms with Crippen molar-refractivity contribution < 1.29 is 35.1 Å². The Morgan fingerprint density at radius 2 is 1.17 bits per heavy atom. The number of ether oxygens (including phenoxy) is 2. The second-order valence-electron chi connectivity index (χ2n) is 12.4. The number of nitrogens with one attached hydrogen (secondary N) is 2. The predicted molar refractivity (Wildman–Crippen MR) is 187 cm³/mol. The normalized spacial score (nSPS) is 14.1. The minimum Gasteiger partial charge on any atom is -0.496 e. The topological polar surface area (TPSA) is 111 Å². The summed E-state index contributed by atoms with van der Waals surface area (Å²) in [5.74, 6) is -1.06. The van der Waals surface area contributed by atoms with Gasteiger partial charge in [0.15, 0.2) is 11.6 Å². The summed E-state index contributed by atoms with van der Waals surface area (Å²) in [6, 6.07) is 20.2. The van der Waals surface area contributed by atoms with Crippen LogP contribution in [0.2, 0.25) is 0 Å². The summed E-state index contributed by atoms with van der Waals surface area (Å²) in [5, 5.41) is -0.512. The molecule has 2 N–H and O–H groups in total. The number of benzene rings is 4. The lowest BCUT2D eigenvalue weighted by molar-refractivity contribution is 0.413. The molecule has 0 saturated heterocycles. The fourth-order valence-corrected chi connectivity index (χ4v) is 8.07. The molecule has 0 bridgehead atoms. The predicted octanol–water partition coefficient (Wildman–Crippen LogP) is 8.28. The molecule has 1 aliphatic carbocycles. The minimum atomic E-state index is -3.92. The number of sulfonamides is 2. The molecule has 48 heavy (non-hydrogen) atoms. The third-order valence-corrected chi connectivity index (χ3v) is 11.7. The molecule has 1 saturated carbocycles. The van der Waals surface area contributed by atoms with Crippen LogP contribution in [0, 0.1) is 11.6 Å². The third-order valence-electron chi connectivity index (χ3n) is 8.56. The van der Waals surface area contributed by atoms with Crippen LogP contribution in [0.25, 0.3) is 22.3 Å². The van der Waals surface area contributed by atoms with E-state index in [0.29, 0.717) is 41.2 Å². The van der Waals surface area contributed by atoms with Gasteiger partial charge in [-0.05, 0) is 65.5 Å². The zero-order valence-electron chi connectivity index (χ0n) is 27.5. The first-order chi connectivity index (χ1) is 22.7. The van der Waals surface area contributed by atoms with Gasteiger partial charge in [-0.2, -0.15) is 0 Å². The summed E-state index contributed by atoms with van der Waals surface area (Å²) in [5.41, 5.74) is 4.16. The van der Waals surface area contributed by atoms with Crippen LogP contribution in [-0.2, 0) is 20.0 Å². The molecule has 12 heteroatoms. The maximum absolute atomic E-state index is 15.0. The van der Waals surface area contributed by atoms with Crippen molar-refractivity contribution in [3.63, 3.8) is 0 Å². The molecular weight excluding hydrogens is 659 g/mol. The first kappa shape index (κ1) is 35.2. The first-order valence-electron chi connectivity index (χ1n) is 15.7. The summed E-state index contributed by atoms with van der Waals surface area (Å²) in [6.07, 6.45) is 1.34. The summed E-state index contributed by atoms with van der Waals surface area (Å²) in [4.78, 5) is 0. The van der Waals surface area contributed by atoms with Crippen molar-refractivity contribution in [2.45, 2.75) is 57.1 Å². The highest BCUT2D eigenvalue weighted by Crippen LogP contribution is 2.38. The second-order valence-corrected chi connectivity index (χ2v) is 16.2. The molecule has 0 amide bonds. The van der Waals surface area contributed by atoms with Gasteiger partial charge in [-0.1, -0.05) is 69.3 Å². The van der Waals surface area contributed by atoms with Gasteiger partial charge in [0, 0.05) is 23.3 Å². The lowest BCUT2D eigenvalue weighted by atomic mass is 9.95. The van der Waals surface area contributed by atoms with Gasteiger partial charge < -0.3 is 9.47 Å². The van der Waals surface area contributed by atoms with E-state index in [0.717, 1.165) is 22.8 Å². The Bertz CT molecular complexity index is 2000. The van der Waals surface area contributed by atoms with Crippen LogP contribution >= 0.6 is 0 Å². The molecular formula is C36H40F2N2O6S2. The van der Waals surface area contributed by atoms with Gasteiger partial charge in [0.05, 0.1) is 36.6 Å². The Balaban J connectivity index is 1.28. The van der Waals surface area contributed by atoms with Gasteiger partial charge in [0.25, 0.3) is 0 Å². The number of halogens is 2. The molecule has 1 aliphatic rings. The molecule has 8 nitrogen and oxygen atoms in total. The Labute approximate surface area is 281 Å². The van der Waals surface area contributed by atoms with Crippen LogP contribution in [0.4, 0.5) is 20.2 Å². The zero-order valence-corrected chi connectivity index (χ0v) is 29.1. The summed E-state index contributed by atoms with van der Waals surface area (Å²) >= 11 is 0. The molecule has 1 atom stereocenters. The number of methoxy groups -OCH3 is 2. The monoisotopic (exact) mass is 698 g/mol. The Hall–Kier alpha value is -4.16. The maximum atomic E-state index is 15.0. The van der Waals surface area contributed by atoms with Crippen molar-refractivity contribution in [2.24, 2.45) is 0 Å². The van der Waals surface area contributed by atoms with Crippen molar-refractivity contribution in [3.05, 3.63) is 95.6 Å². The molecule has 256 valence electrons. The van der Waals surface area contributed by atoms with Crippen LogP contribution in [0.1, 0.15) is 63.0 Å². The smallest absolute Gasteiger partial charge is 0.235 e. The van der Waals surface area contributed by atoms with Gasteiger partial charge in [0.2, 0.25) is 20.0 Å². The highest BCUT2D eigenvalue weighted by atomic mass is 32.2. The number of rotatable bonds is 14. The minimum absolute atomic E-state index is 0.155. The molecule has 0 aromatic heterocycles. The maximum Gasteiger partial charge on any atom is 0.235 e. The quantitative estimate of drug-likeness (QED) is 0.137. The Morgan fingerprint density at radius 3 is 1.60 bits per heavy atom. The van der Waals surface area contributed by atoms with Gasteiger partial charge in [0.1, 0.15) is 11.5 Å². The third kappa shape index (κ3) is 8.10. The van der Waals surface area contributed by atoms with Gasteiger partial charge in [-0.25, -0.2) is 25.6 Å². The van der Waals surface area contributed by atoms with E-state index in [9.17, 15) is 21.2 Å². The molecule has 4 aromatic carbocycles. The molecule has 1 unspecified atom stereocenters. The van der Waals surface area contributed by atoms with Crippen LogP contribution in [0.5, 0.6) is 11.5 Å². The highest BCUT2D eigenvalue weighted by molar-refractivity contribution is 7.93. The van der Waals surface area contributed by atoms with E-state index in [2.05, 4.69) is 23.3 Å². The molecule has 1 fully saturated rings. The average molecular weight is 699 g/mol. The largest absolute Gasteiger partial charge is 0.496 e. The lowest BCUT2D eigenvalue weighted by Crippen LogP contribution is -2.19. The van der Waals surface area contributed by atoms with Crippen LogP contribution < -0.4 is 18.9 Å². The summed E-state index contributed by atoms with van der Waals surface area (Å²) in [6.45, 7) is 6.06. The van der Waals surface area contributed by atoms with E-state index < -0.39 is 36.9 Å². The number of anilines is 2. The number of hydrogen-bond acceptors (Lipinski definition) is 6. The van der Waals surface area contributed by atoms with Crippen LogP contribution in [-0.4, -0.2) is 42.1 Å². The fraction of sp³-hybridized carbons (Fsp3) is 0.333. The SMILES string of the molecule is COc1cc(F)c(NS(=O)(=O)CCC(C)c2ccc(-c3cc(NS(=O)(=O)C4CC4)c(F)cc3OC)cc2)cc1-c1ccc(C(C)C)cc1. The van der Waals surface area contributed by atoms with Crippen LogP contribution in [0.15, 0.2) is 72.8 Å². The molecule has 4 aromatic rings. The lowest BCUT2D eigenvalue weighted by Gasteiger charge is -2.17. The Kier molecular flexibility index (Phi) is 10.4. The summed E-state index contributed by atoms with van der Waals surface area (Å²) in [7, 11) is -4.76. The summed E-state index contributed by atoms with van der Waals surface area (Å²) < 4.78 is 96.4. The van der Waals surface area contributed by atoms with Crippen LogP contribution in [0.3, 0.4) is 0 Å². The zero-order chi connectivity index (χ0) is 34.8. The molecule has 5 rings (SSSR count). The van der Waals surface area contributed by atoms with Gasteiger partial charge >= 0.3 is 0 Å². The molecule has 0 aliphatic heterocycles. The standard InChI is InChI=1S/C36H40F2N2O6S2/c1-22(2)24-6-10-26(11-7-24)29-18-33(31(37)20-35(29)45-4)39-47(41,42)17-16-23(3)25-8-12-27(13-9-25)30-19-34(32(38)21-36(30)46-5)40-48(43,44)28-14-15-28/h6-13,18-23,28,39-40H,14-17H2,1-5H3. The van der Waals surface area contributed by atoms with Crippen molar-refractivity contribution >= 4 is 31.4 Å². The first-order valence-corrected chi connectivity index (χ1v) is 18.9. The van der Waals surface area contributed by atoms with Crippen molar-refractivity contribution in [3.8, 4) is 33.8 Å². The van der Waals surface area contributed by atoms with Crippen molar-refractivity contribution in [1.29, 1.82) is 0 Å². The fourth-order valence-electron chi connectivity index (χ4n) is 5.43. The van der Waals surface area contributed by atoms with E-state index in [1.165, 1.54) is 32.4 Å².